The lowest BCUT2D eigenvalue weighted by atomic mass is 9.78. The molecule has 14 nitrogen and oxygen atoms in total. The number of ether oxygens (including phenoxy) is 2. The van der Waals surface area contributed by atoms with Crippen LogP contribution in [-0.4, -0.2) is 79.4 Å². The largest absolute Gasteiger partial charge is 0.497 e. The van der Waals surface area contributed by atoms with Crippen LogP contribution < -0.4 is 36.3 Å². The fourth-order valence-corrected chi connectivity index (χ4v) is 5.45. The molecule has 0 saturated carbocycles. The predicted octanol–water partition coefficient (Wildman–Crippen LogP) is -0.612. The summed E-state index contributed by atoms with van der Waals surface area (Å²) in [4.78, 5) is 52.6. The van der Waals surface area contributed by atoms with Gasteiger partial charge in [0.2, 0.25) is 5.91 Å². The monoisotopic (exact) mass is 645 g/mol. The standard InChI is InChI=1S/C31H33B2N3O11/c1-16(34-29(39)17-4-6-19-14-46-32(42)24(19)10-17)28(36-30(40)18-5-7-20-15-47-33(43)25(20)11-18)31(41)35-26(13-27(37)38)21-8-22(44-2)12-23(9-21)45-3/h4-12,16,26,28,42-43H,13-15H2,1-3H3,(H,34,39)(H,35,41)(H,36,40)(H,37,38). The summed E-state index contributed by atoms with van der Waals surface area (Å²) in [6.45, 7) is 1.89. The number of hydrogen-bond donors (Lipinski definition) is 6. The predicted molar refractivity (Wildman–Crippen MR) is 169 cm³/mol. The van der Waals surface area contributed by atoms with E-state index in [4.69, 9.17) is 18.8 Å². The van der Waals surface area contributed by atoms with E-state index in [1.807, 2.05) is 0 Å². The zero-order valence-electron chi connectivity index (χ0n) is 25.8. The van der Waals surface area contributed by atoms with Crippen LogP contribution in [0.5, 0.6) is 11.5 Å². The third-order valence-corrected chi connectivity index (χ3v) is 8.04. The van der Waals surface area contributed by atoms with Crippen molar-refractivity contribution in [3.05, 3.63) is 82.4 Å². The van der Waals surface area contributed by atoms with Crippen LogP contribution in [0.2, 0.25) is 0 Å². The fraction of sp³-hybridized carbons (Fsp3) is 0.290. The van der Waals surface area contributed by atoms with Gasteiger partial charge >= 0.3 is 20.2 Å². The van der Waals surface area contributed by atoms with Gasteiger partial charge < -0.3 is 49.9 Å². The molecule has 0 spiro atoms. The first-order valence-electron chi connectivity index (χ1n) is 14.7. The van der Waals surface area contributed by atoms with E-state index >= 15 is 0 Å². The summed E-state index contributed by atoms with van der Waals surface area (Å²) in [6, 6.07) is 10.5. The summed E-state index contributed by atoms with van der Waals surface area (Å²) in [7, 11) is 0.476. The molecule has 244 valence electrons. The van der Waals surface area contributed by atoms with Gasteiger partial charge in [-0.25, -0.2) is 0 Å². The topological polar surface area (TPSA) is 202 Å². The molecule has 0 saturated heterocycles. The van der Waals surface area contributed by atoms with Crippen LogP contribution in [0.3, 0.4) is 0 Å². The molecule has 2 aliphatic rings. The summed E-state index contributed by atoms with van der Waals surface area (Å²) < 4.78 is 21.0. The molecule has 3 aromatic rings. The molecule has 3 unspecified atom stereocenters. The average molecular weight is 645 g/mol. The highest BCUT2D eigenvalue weighted by Gasteiger charge is 2.34. The van der Waals surface area contributed by atoms with Crippen molar-refractivity contribution >= 4 is 48.9 Å². The summed E-state index contributed by atoms with van der Waals surface area (Å²) in [6.07, 6.45) is -0.522. The van der Waals surface area contributed by atoms with E-state index in [1.165, 1.54) is 39.3 Å². The van der Waals surface area contributed by atoms with Crippen LogP contribution in [0.1, 0.15) is 56.8 Å². The van der Waals surface area contributed by atoms with Crippen molar-refractivity contribution < 1.29 is 53.1 Å². The minimum absolute atomic E-state index is 0.122. The van der Waals surface area contributed by atoms with Crippen molar-refractivity contribution in [3.8, 4) is 11.5 Å². The molecule has 0 radical (unpaired) electrons. The Balaban J connectivity index is 1.43. The SMILES string of the molecule is COc1cc(OC)cc(C(CC(=O)O)NC(=O)C(NC(=O)c2ccc3c(c2)B(O)OC3)C(C)NC(=O)c2ccc3c(c2)B(O)OC3)c1. The number of fused-ring (bicyclic) bond motifs is 2. The quantitative estimate of drug-likeness (QED) is 0.137. The molecule has 2 aliphatic heterocycles. The van der Waals surface area contributed by atoms with E-state index in [1.54, 1.807) is 36.4 Å². The molecular formula is C31H33B2N3O11. The van der Waals surface area contributed by atoms with Crippen molar-refractivity contribution in [2.45, 2.75) is 44.7 Å². The van der Waals surface area contributed by atoms with Gasteiger partial charge in [0.05, 0.1) is 45.9 Å². The maximum atomic E-state index is 13.9. The minimum Gasteiger partial charge on any atom is -0.497 e. The van der Waals surface area contributed by atoms with Crippen molar-refractivity contribution in [2.75, 3.05) is 14.2 Å². The van der Waals surface area contributed by atoms with Crippen LogP contribution in [0.15, 0.2) is 54.6 Å². The van der Waals surface area contributed by atoms with Crippen LogP contribution >= 0.6 is 0 Å². The van der Waals surface area contributed by atoms with Crippen LogP contribution in [-0.2, 0) is 32.1 Å². The Morgan fingerprint density at radius 2 is 1.30 bits per heavy atom. The van der Waals surface area contributed by atoms with Gasteiger partial charge in [0, 0.05) is 17.2 Å². The number of carbonyl (C=O) groups excluding carboxylic acids is 3. The minimum atomic E-state index is -1.41. The van der Waals surface area contributed by atoms with E-state index in [2.05, 4.69) is 16.0 Å². The number of carboxylic acid groups (broad SMARTS) is 1. The molecule has 3 amide bonds. The maximum Gasteiger partial charge on any atom is 0.491 e. The number of amides is 3. The molecule has 16 heteroatoms. The van der Waals surface area contributed by atoms with Gasteiger partial charge in [-0.05, 0) is 70.9 Å². The lowest BCUT2D eigenvalue weighted by Gasteiger charge is -2.28. The smallest absolute Gasteiger partial charge is 0.491 e. The Morgan fingerprint density at radius 1 is 0.787 bits per heavy atom. The van der Waals surface area contributed by atoms with Gasteiger partial charge in [-0.15, -0.1) is 0 Å². The highest BCUT2D eigenvalue weighted by atomic mass is 16.5. The molecule has 3 aromatic carbocycles. The van der Waals surface area contributed by atoms with Gasteiger partial charge in [-0.1, -0.05) is 12.1 Å². The first-order valence-corrected chi connectivity index (χ1v) is 14.7. The van der Waals surface area contributed by atoms with Crippen LogP contribution in [0.4, 0.5) is 0 Å². The number of methoxy groups -OCH3 is 2. The number of benzene rings is 3. The summed E-state index contributed by atoms with van der Waals surface area (Å²) in [5, 5.41) is 38.0. The third-order valence-electron chi connectivity index (χ3n) is 8.04. The normalized spacial score (nSPS) is 15.2. The zero-order valence-corrected chi connectivity index (χ0v) is 25.8. The first-order chi connectivity index (χ1) is 22.5. The zero-order chi connectivity index (χ0) is 33.8. The Morgan fingerprint density at radius 3 is 1.79 bits per heavy atom. The maximum absolute atomic E-state index is 13.9. The molecule has 6 N–H and O–H groups in total. The molecule has 0 bridgehead atoms. The molecular weight excluding hydrogens is 612 g/mol. The lowest BCUT2D eigenvalue weighted by Crippen LogP contribution is -2.58. The highest BCUT2D eigenvalue weighted by molar-refractivity contribution is 6.62. The van der Waals surface area contributed by atoms with E-state index in [0.29, 0.717) is 33.6 Å². The average Bonchev–Trinajstić information content (AvgIpc) is 3.63. The van der Waals surface area contributed by atoms with Crippen molar-refractivity contribution in [1.82, 2.24) is 16.0 Å². The Hall–Kier alpha value is -4.89. The van der Waals surface area contributed by atoms with Gasteiger partial charge in [0.15, 0.2) is 0 Å². The van der Waals surface area contributed by atoms with E-state index in [9.17, 15) is 34.3 Å². The van der Waals surface area contributed by atoms with Crippen molar-refractivity contribution in [2.24, 2.45) is 0 Å². The van der Waals surface area contributed by atoms with E-state index < -0.39 is 62.5 Å². The van der Waals surface area contributed by atoms with Gasteiger partial charge in [-0.2, -0.15) is 0 Å². The molecule has 5 rings (SSSR count). The number of aliphatic carboxylic acids is 1. The second-order valence-electron chi connectivity index (χ2n) is 11.2. The second-order valence-corrected chi connectivity index (χ2v) is 11.2. The fourth-order valence-electron chi connectivity index (χ4n) is 5.45. The summed E-state index contributed by atoms with van der Waals surface area (Å²) >= 11 is 0. The molecule has 47 heavy (non-hydrogen) atoms. The van der Waals surface area contributed by atoms with E-state index in [0.717, 1.165) is 5.56 Å². The third kappa shape index (κ3) is 7.58. The summed E-state index contributed by atoms with van der Waals surface area (Å²) in [5.41, 5.74) is 2.97. The second kappa shape index (κ2) is 14.3. The van der Waals surface area contributed by atoms with Crippen LogP contribution in [0, 0.1) is 0 Å². The molecule has 0 aliphatic carbocycles. The first kappa shape index (κ1) is 33.5. The Labute approximate surface area is 270 Å². The van der Waals surface area contributed by atoms with Gasteiger partial charge in [-0.3, -0.25) is 19.2 Å². The highest BCUT2D eigenvalue weighted by Crippen LogP contribution is 2.28. The van der Waals surface area contributed by atoms with E-state index in [-0.39, 0.29) is 24.3 Å². The van der Waals surface area contributed by atoms with Gasteiger partial charge in [0.25, 0.3) is 11.8 Å². The number of nitrogens with one attached hydrogen (secondary N) is 3. The number of rotatable bonds is 12. The van der Waals surface area contributed by atoms with Crippen LogP contribution in [0.25, 0.3) is 0 Å². The molecule has 2 heterocycles. The molecule has 0 fully saturated rings. The summed E-state index contributed by atoms with van der Waals surface area (Å²) in [5.74, 6) is -2.56. The Kier molecular flexibility index (Phi) is 10.2. The van der Waals surface area contributed by atoms with Crippen molar-refractivity contribution in [3.63, 3.8) is 0 Å². The van der Waals surface area contributed by atoms with Gasteiger partial charge in [0.1, 0.15) is 17.5 Å². The Bertz CT molecular complexity index is 1680. The van der Waals surface area contributed by atoms with Crippen molar-refractivity contribution in [1.29, 1.82) is 0 Å². The lowest BCUT2D eigenvalue weighted by molar-refractivity contribution is -0.137. The molecule has 0 aromatic heterocycles. The number of carboxylic acids is 1. The molecule has 3 atom stereocenters. The number of hydrogen-bond acceptors (Lipinski definition) is 10. The number of carbonyl (C=O) groups is 4.